The van der Waals surface area contributed by atoms with Gasteiger partial charge in [0.25, 0.3) is 0 Å². The Morgan fingerprint density at radius 2 is 1.46 bits per heavy atom. The standard InChI is InChI=1S/C26H46O.C7H19N3.C2H6/c1-18(2)9-5-6-10-19-12-13-21-20-17-24(27)23-11-7-8-15-26(23,4)22(20)14-16-25(19,21)3;8-4-1-2-6-10-7-3-5-9;1-2/h18-24,27H,5-17H2,1-4H3;10H,1-9H2;1-2H3. The maximum Gasteiger partial charge on any atom is 0.0576 e. The minimum absolute atomic E-state index is 0.0102. The Morgan fingerprint density at radius 3 is 2.15 bits per heavy atom. The molecule has 8 atom stereocenters. The Bertz CT molecular complexity index is 633. The van der Waals surface area contributed by atoms with Gasteiger partial charge in [-0.2, -0.15) is 0 Å². The van der Waals surface area contributed by atoms with Crippen molar-refractivity contribution in [1.29, 1.82) is 0 Å². The van der Waals surface area contributed by atoms with Crippen LogP contribution in [0.15, 0.2) is 0 Å². The van der Waals surface area contributed by atoms with E-state index in [-0.39, 0.29) is 6.10 Å². The summed E-state index contributed by atoms with van der Waals surface area (Å²) in [4.78, 5) is 0. The SMILES string of the molecule is CC.CC(C)CCCCC1CCC2C3CC(O)C4CCCCC4(C)C3CCC12C.NCCCCNCCCN. The molecule has 4 aliphatic rings. The summed E-state index contributed by atoms with van der Waals surface area (Å²) in [5.41, 5.74) is 11.7. The summed E-state index contributed by atoms with van der Waals surface area (Å²) in [6, 6.07) is 0. The van der Waals surface area contributed by atoms with E-state index in [1.165, 1.54) is 83.5 Å². The molecule has 0 spiro atoms. The van der Waals surface area contributed by atoms with Crippen LogP contribution < -0.4 is 16.8 Å². The third-order valence-electron chi connectivity index (χ3n) is 11.7. The van der Waals surface area contributed by atoms with Crippen molar-refractivity contribution in [1.82, 2.24) is 5.32 Å². The quantitative estimate of drug-likeness (QED) is 0.186. The number of nitrogens with two attached hydrogens (primary N) is 2. The van der Waals surface area contributed by atoms with Crippen molar-refractivity contribution in [2.75, 3.05) is 26.2 Å². The molecule has 4 saturated carbocycles. The van der Waals surface area contributed by atoms with Crippen molar-refractivity contribution >= 4 is 0 Å². The molecular formula is C35H71N3O. The molecule has 0 aromatic heterocycles. The van der Waals surface area contributed by atoms with E-state index in [4.69, 9.17) is 11.5 Å². The molecule has 4 aliphatic carbocycles. The molecule has 0 aromatic carbocycles. The molecule has 4 fully saturated rings. The number of aliphatic hydroxyl groups is 1. The summed E-state index contributed by atoms with van der Waals surface area (Å²) in [5.74, 6) is 5.05. The number of nitrogens with one attached hydrogen (secondary N) is 1. The Labute approximate surface area is 244 Å². The van der Waals surface area contributed by atoms with Gasteiger partial charge in [0.2, 0.25) is 0 Å². The van der Waals surface area contributed by atoms with Gasteiger partial charge in [-0.25, -0.2) is 0 Å². The first-order chi connectivity index (χ1) is 18.8. The van der Waals surface area contributed by atoms with E-state index >= 15 is 0 Å². The average Bonchev–Trinajstić information content (AvgIpc) is 3.26. The maximum atomic E-state index is 11.1. The molecular weight excluding hydrogens is 478 g/mol. The number of hydrogen-bond acceptors (Lipinski definition) is 4. The first kappa shape index (κ1) is 35.0. The molecule has 0 aromatic rings. The molecule has 6 N–H and O–H groups in total. The van der Waals surface area contributed by atoms with Gasteiger partial charge < -0.3 is 21.9 Å². The number of unbranched alkanes of at least 4 members (excludes halogenated alkanes) is 2. The smallest absolute Gasteiger partial charge is 0.0576 e. The molecule has 8 unspecified atom stereocenters. The minimum atomic E-state index is -0.0102. The molecule has 39 heavy (non-hydrogen) atoms. The largest absolute Gasteiger partial charge is 0.393 e. The molecule has 0 saturated heterocycles. The van der Waals surface area contributed by atoms with E-state index in [9.17, 15) is 5.11 Å². The zero-order valence-corrected chi connectivity index (χ0v) is 27.3. The fraction of sp³-hybridized carbons (Fsp3) is 1.00. The van der Waals surface area contributed by atoms with Crippen LogP contribution in [0.4, 0.5) is 0 Å². The predicted molar refractivity (Wildman–Crippen MR) is 171 cm³/mol. The van der Waals surface area contributed by atoms with Crippen LogP contribution in [0.2, 0.25) is 0 Å². The topological polar surface area (TPSA) is 84.3 Å². The second kappa shape index (κ2) is 17.7. The lowest BCUT2D eigenvalue weighted by atomic mass is 9.44. The van der Waals surface area contributed by atoms with Crippen LogP contribution in [0.1, 0.15) is 144 Å². The van der Waals surface area contributed by atoms with E-state index in [1.807, 2.05) is 13.8 Å². The summed E-state index contributed by atoms with van der Waals surface area (Å²) in [5, 5.41) is 14.4. The summed E-state index contributed by atoms with van der Waals surface area (Å²) in [6.07, 6.45) is 21.6. The zero-order valence-electron chi connectivity index (χ0n) is 27.3. The van der Waals surface area contributed by atoms with Gasteiger partial charge in [-0.05, 0) is 143 Å². The van der Waals surface area contributed by atoms with Crippen LogP contribution >= 0.6 is 0 Å². The van der Waals surface area contributed by atoms with Crippen LogP contribution in [-0.4, -0.2) is 37.4 Å². The summed E-state index contributed by atoms with van der Waals surface area (Å²) < 4.78 is 0. The van der Waals surface area contributed by atoms with E-state index in [1.54, 1.807) is 0 Å². The van der Waals surface area contributed by atoms with Crippen LogP contribution in [0.25, 0.3) is 0 Å². The first-order valence-electron chi connectivity index (χ1n) is 17.6. The van der Waals surface area contributed by atoms with Gasteiger partial charge >= 0.3 is 0 Å². The molecule has 0 radical (unpaired) electrons. The van der Waals surface area contributed by atoms with Crippen molar-refractivity contribution in [2.45, 2.75) is 150 Å². The summed E-state index contributed by atoms with van der Waals surface area (Å²) in [7, 11) is 0. The van der Waals surface area contributed by atoms with Gasteiger partial charge in [-0.3, -0.25) is 0 Å². The zero-order chi connectivity index (χ0) is 28.9. The molecule has 4 heteroatoms. The lowest BCUT2D eigenvalue weighted by molar-refractivity contribution is -0.157. The third kappa shape index (κ3) is 9.16. The minimum Gasteiger partial charge on any atom is -0.393 e. The molecule has 0 heterocycles. The van der Waals surface area contributed by atoms with Gasteiger partial charge in [-0.1, -0.05) is 73.6 Å². The fourth-order valence-corrected chi connectivity index (χ4v) is 9.63. The Hall–Kier alpha value is -0.160. The Morgan fingerprint density at radius 1 is 0.769 bits per heavy atom. The summed E-state index contributed by atoms with van der Waals surface area (Å²) >= 11 is 0. The van der Waals surface area contributed by atoms with Crippen LogP contribution in [0, 0.1) is 46.3 Å². The highest BCUT2D eigenvalue weighted by Gasteiger charge is 2.61. The third-order valence-corrected chi connectivity index (χ3v) is 11.7. The Kier molecular flexibility index (Phi) is 15.9. The lowest BCUT2D eigenvalue weighted by Crippen LogP contribution is -2.56. The van der Waals surface area contributed by atoms with Crippen molar-refractivity contribution in [3.05, 3.63) is 0 Å². The van der Waals surface area contributed by atoms with Gasteiger partial charge in [0.05, 0.1) is 6.10 Å². The predicted octanol–water partition coefficient (Wildman–Crippen LogP) is 7.91. The highest BCUT2D eigenvalue weighted by Crippen LogP contribution is 2.67. The highest BCUT2D eigenvalue weighted by molar-refractivity contribution is 5.10. The van der Waals surface area contributed by atoms with E-state index in [2.05, 4.69) is 33.0 Å². The molecule has 4 nitrogen and oxygen atoms in total. The number of fused-ring (bicyclic) bond motifs is 5. The van der Waals surface area contributed by atoms with Crippen molar-refractivity contribution in [3.8, 4) is 0 Å². The lowest BCUT2D eigenvalue weighted by Gasteiger charge is -2.61. The number of rotatable bonds is 12. The van der Waals surface area contributed by atoms with Gasteiger partial charge in [0, 0.05) is 0 Å². The monoisotopic (exact) mass is 550 g/mol. The normalized spacial score (nSPS) is 37.1. The second-order valence-corrected chi connectivity index (χ2v) is 14.4. The summed E-state index contributed by atoms with van der Waals surface area (Å²) in [6.45, 7) is 17.7. The fourth-order valence-electron chi connectivity index (χ4n) is 9.63. The van der Waals surface area contributed by atoms with Crippen LogP contribution in [-0.2, 0) is 0 Å². The Balaban J connectivity index is 0.000000378. The van der Waals surface area contributed by atoms with Gasteiger partial charge in [0.1, 0.15) is 0 Å². The molecule has 4 rings (SSSR count). The number of hydrogen-bond donors (Lipinski definition) is 4. The van der Waals surface area contributed by atoms with Crippen molar-refractivity contribution in [2.24, 2.45) is 57.8 Å². The van der Waals surface area contributed by atoms with Gasteiger partial charge in [-0.15, -0.1) is 0 Å². The van der Waals surface area contributed by atoms with E-state index < -0.39 is 0 Å². The molecule has 0 amide bonds. The van der Waals surface area contributed by atoms with Crippen LogP contribution in [0.5, 0.6) is 0 Å². The van der Waals surface area contributed by atoms with Crippen LogP contribution in [0.3, 0.4) is 0 Å². The van der Waals surface area contributed by atoms with Gasteiger partial charge in [0.15, 0.2) is 0 Å². The van der Waals surface area contributed by atoms with E-state index in [0.29, 0.717) is 16.7 Å². The average molecular weight is 550 g/mol. The first-order valence-corrected chi connectivity index (χ1v) is 17.6. The molecule has 232 valence electrons. The highest BCUT2D eigenvalue weighted by atomic mass is 16.3. The second-order valence-electron chi connectivity index (χ2n) is 14.4. The number of aliphatic hydroxyl groups excluding tert-OH is 1. The van der Waals surface area contributed by atoms with E-state index in [0.717, 1.165) is 75.0 Å². The molecule has 0 aliphatic heterocycles. The van der Waals surface area contributed by atoms with Crippen molar-refractivity contribution in [3.63, 3.8) is 0 Å². The maximum absolute atomic E-state index is 11.1. The molecule has 0 bridgehead atoms. The van der Waals surface area contributed by atoms with Crippen molar-refractivity contribution < 1.29 is 5.11 Å².